The van der Waals surface area contributed by atoms with Crippen LogP contribution >= 0.6 is 0 Å². The van der Waals surface area contributed by atoms with Gasteiger partial charge in [-0.2, -0.15) is 0 Å². The number of rotatable bonds is 0. The van der Waals surface area contributed by atoms with Gasteiger partial charge in [-0.05, 0) is 111 Å². The monoisotopic (exact) mass is 687 g/mol. The molecule has 4 heterocycles. The van der Waals surface area contributed by atoms with Crippen LogP contribution in [0.25, 0.3) is 60.0 Å². The third-order valence-corrected chi connectivity index (χ3v) is 15.6. The molecule has 2 unspecified atom stereocenters. The van der Waals surface area contributed by atoms with Crippen LogP contribution in [0.4, 0.5) is 0 Å². The molecule has 0 radical (unpaired) electrons. The van der Waals surface area contributed by atoms with E-state index in [2.05, 4.69) is 125 Å². The fraction of sp³-hybridized carbons (Fsp3) is 0.360. The van der Waals surface area contributed by atoms with Crippen LogP contribution < -0.4 is 0 Å². The van der Waals surface area contributed by atoms with Crippen LogP contribution in [0.5, 0.6) is 0 Å². The van der Waals surface area contributed by atoms with Crippen LogP contribution in [0.15, 0.2) is 79.1 Å². The third kappa shape index (κ3) is 3.26. The maximum absolute atomic E-state index is 5.55. The Kier molecular flexibility index (Phi) is 5.10. The number of fused-ring (bicyclic) bond motifs is 12. The lowest BCUT2D eigenvalue weighted by Gasteiger charge is -2.43. The highest BCUT2D eigenvalue weighted by molar-refractivity contribution is 6.28. The lowest BCUT2D eigenvalue weighted by Crippen LogP contribution is -2.37. The molecule has 0 spiro atoms. The quantitative estimate of drug-likeness (QED) is 0.159. The number of aromatic nitrogens is 3. The zero-order valence-corrected chi connectivity index (χ0v) is 31.7. The Morgan fingerprint density at radius 2 is 1.21 bits per heavy atom. The molecule has 14 rings (SSSR count). The van der Waals surface area contributed by atoms with Gasteiger partial charge in [0.25, 0.3) is 0 Å². The van der Waals surface area contributed by atoms with Crippen molar-refractivity contribution in [2.75, 3.05) is 0 Å². The van der Waals surface area contributed by atoms with Crippen molar-refractivity contribution in [3.05, 3.63) is 124 Å². The van der Waals surface area contributed by atoms with Crippen LogP contribution in [0.3, 0.4) is 0 Å². The third-order valence-electron chi connectivity index (χ3n) is 15.6. The molecule has 53 heavy (non-hydrogen) atoms. The van der Waals surface area contributed by atoms with Gasteiger partial charge in [-0.3, -0.25) is 9.97 Å². The highest BCUT2D eigenvalue weighted by atomic mass is 15.0. The zero-order chi connectivity index (χ0) is 35.5. The Balaban J connectivity index is 1.29. The second-order valence-electron chi connectivity index (χ2n) is 19.4. The largest absolute Gasteiger partial charge is 0.305 e. The van der Waals surface area contributed by atoms with E-state index < -0.39 is 0 Å². The molecule has 260 valence electrons. The van der Waals surface area contributed by atoms with Gasteiger partial charge in [0.1, 0.15) is 0 Å². The predicted octanol–water partition coefficient (Wildman–Crippen LogP) is 12.4. The second kappa shape index (κ2) is 9.12. The Bertz CT molecular complexity index is 2970. The van der Waals surface area contributed by atoms with Crippen LogP contribution in [-0.4, -0.2) is 14.4 Å². The summed E-state index contributed by atoms with van der Waals surface area (Å²) < 4.78 is 2.63. The molecule has 4 aromatic carbocycles. The van der Waals surface area contributed by atoms with E-state index in [1.165, 1.54) is 131 Å². The van der Waals surface area contributed by atoms with E-state index in [1.54, 1.807) is 5.56 Å². The molecule has 2 saturated carbocycles. The molecule has 0 N–H and O–H groups in total. The normalized spacial score (nSPS) is 25.2. The van der Waals surface area contributed by atoms with E-state index in [0.29, 0.717) is 11.8 Å². The highest BCUT2D eigenvalue weighted by Gasteiger charge is 2.48. The summed E-state index contributed by atoms with van der Waals surface area (Å²) in [5.41, 5.74) is 17.5. The molecule has 0 amide bonds. The van der Waals surface area contributed by atoms with Crippen molar-refractivity contribution in [2.24, 2.45) is 11.8 Å². The van der Waals surface area contributed by atoms with Gasteiger partial charge in [-0.15, -0.1) is 0 Å². The molecule has 6 aliphatic carbocycles. The van der Waals surface area contributed by atoms with E-state index in [1.807, 2.05) is 0 Å². The number of hydrogen-bond donors (Lipinski definition) is 0. The first-order chi connectivity index (χ1) is 25.5. The van der Waals surface area contributed by atoms with E-state index in [-0.39, 0.29) is 16.2 Å². The average molecular weight is 688 g/mol. The van der Waals surface area contributed by atoms with E-state index in [4.69, 9.17) is 9.97 Å². The number of hydrogen-bond acceptors (Lipinski definition) is 2. The standard InChI is InChI=1S/C50H45N3/c1-48(2)33-14-7-8-15-34(33)50(5,6)47-44(48)40-32-22-31-30-13-9-11-27-12-10-16-35(38(27)30)49(3,4)43(31)42-41-37(53(46(32)42)36(40)24-52-47)23-51-45-29-20-25-17-26(21-29)19-28(18-25)39(41)45/h7-16,22-26,28-29H,17-21H2,1-6H3. The molecule has 3 heteroatoms. The summed E-state index contributed by atoms with van der Waals surface area (Å²) in [6.07, 6.45) is 11.3. The van der Waals surface area contributed by atoms with Crippen LogP contribution in [0.2, 0.25) is 0 Å². The molecule has 4 aromatic heterocycles. The van der Waals surface area contributed by atoms with Gasteiger partial charge in [0.05, 0.1) is 34.6 Å². The van der Waals surface area contributed by atoms with Crippen LogP contribution in [0.1, 0.15) is 130 Å². The first-order valence-electron chi connectivity index (χ1n) is 20.3. The molecule has 0 aliphatic heterocycles. The van der Waals surface area contributed by atoms with Gasteiger partial charge in [0.2, 0.25) is 0 Å². The molecule has 3 nitrogen and oxygen atoms in total. The minimum atomic E-state index is -0.221. The fourth-order valence-electron chi connectivity index (χ4n) is 13.7. The Morgan fingerprint density at radius 1 is 0.566 bits per heavy atom. The van der Waals surface area contributed by atoms with Crippen molar-refractivity contribution in [3.8, 4) is 11.1 Å². The Morgan fingerprint density at radius 3 is 1.98 bits per heavy atom. The van der Waals surface area contributed by atoms with Gasteiger partial charge in [0, 0.05) is 49.4 Å². The van der Waals surface area contributed by atoms with Gasteiger partial charge in [-0.1, -0.05) is 102 Å². The SMILES string of the molecule is CC1(C)c2ccccc2C(C)(C)c2c1ncc1c2c2cc3c(c4c5c6c(ncc5n1c24)C1CC2CC(C1)CC6C2)C(C)(C)c1cccc2cccc-3c12. The molecule has 8 aromatic rings. The summed E-state index contributed by atoms with van der Waals surface area (Å²) >= 11 is 0. The summed E-state index contributed by atoms with van der Waals surface area (Å²) in [4.78, 5) is 11.1. The summed E-state index contributed by atoms with van der Waals surface area (Å²) in [6, 6.07) is 25.7. The van der Waals surface area contributed by atoms with Crippen LogP contribution in [0, 0.1) is 11.8 Å². The van der Waals surface area contributed by atoms with Gasteiger partial charge in [-0.25, -0.2) is 0 Å². The van der Waals surface area contributed by atoms with Crippen molar-refractivity contribution in [2.45, 2.75) is 102 Å². The van der Waals surface area contributed by atoms with Crippen LogP contribution in [-0.2, 0) is 16.2 Å². The summed E-state index contributed by atoms with van der Waals surface area (Å²) in [5, 5.41) is 8.52. The Hall–Kier alpha value is -4.76. The van der Waals surface area contributed by atoms with E-state index in [0.717, 1.165) is 11.8 Å². The minimum Gasteiger partial charge on any atom is -0.305 e. The average Bonchev–Trinajstić information content (AvgIpc) is 3.60. The first-order valence-corrected chi connectivity index (χ1v) is 20.3. The predicted molar refractivity (Wildman–Crippen MR) is 218 cm³/mol. The van der Waals surface area contributed by atoms with E-state index in [9.17, 15) is 0 Å². The van der Waals surface area contributed by atoms with Crippen molar-refractivity contribution < 1.29 is 0 Å². The molecule has 0 saturated heterocycles. The molecule has 4 bridgehead atoms. The van der Waals surface area contributed by atoms with E-state index >= 15 is 0 Å². The van der Waals surface area contributed by atoms with Crippen molar-refractivity contribution >= 4 is 48.9 Å². The lowest BCUT2D eigenvalue weighted by molar-refractivity contribution is 0.165. The van der Waals surface area contributed by atoms with Crippen molar-refractivity contribution in [3.63, 3.8) is 0 Å². The topological polar surface area (TPSA) is 30.2 Å². The minimum absolute atomic E-state index is 0.189. The van der Waals surface area contributed by atoms with Crippen molar-refractivity contribution in [1.29, 1.82) is 0 Å². The molecule has 2 fully saturated rings. The lowest BCUT2D eigenvalue weighted by atomic mass is 9.61. The summed E-state index contributed by atoms with van der Waals surface area (Å²) in [7, 11) is 0. The van der Waals surface area contributed by atoms with Gasteiger partial charge >= 0.3 is 0 Å². The number of nitrogens with zero attached hydrogens (tertiary/aromatic N) is 3. The second-order valence-corrected chi connectivity index (χ2v) is 19.4. The number of pyridine rings is 2. The zero-order valence-electron chi connectivity index (χ0n) is 31.7. The van der Waals surface area contributed by atoms with Gasteiger partial charge in [0.15, 0.2) is 0 Å². The molecular formula is C50H45N3. The maximum Gasteiger partial charge on any atom is 0.0728 e. The fourth-order valence-corrected chi connectivity index (χ4v) is 13.7. The summed E-state index contributed by atoms with van der Waals surface area (Å²) in [6.45, 7) is 14.7. The Labute approximate surface area is 310 Å². The molecule has 6 aliphatic rings. The maximum atomic E-state index is 5.55. The first kappa shape index (κ1) is 29.7. The summed E-state index contributed by atoms with van der Waals surface area (Å²) in [5.74, 6) is 2.88. The highest BCUT2D eigenvalue weighted by Crippen LogP contribution is 2.61. The molecule has 2 atom stereocenters. The van der Waals surface area contributed by atoms with Gasteiger partial charge < -0.3 is 4.40 Å². The number of benzene rings is 4. The molecular weight excluding hydrogens is 643 g/mol. The van der Waals surface area contributed by atoms with Crippen molar-refractivity contribution in [1.82, 2.24) is 14.4 Å². The smallest absolute Gasteiger partial charge is 0.0728 e.